The second kappa shape index (κ2) is 6.47. The summed E-state index contributed by atoms with van der Waals surface area (Å²) in [4.78, 5) is 0.205. The summed E-state index contributed by atoms with van der Waals surface area (Å²) in [6, 6.07) is 0. The molecule has 8 heteroatoms. The van der Waals surface area contributed by atoms with Crippen molar-refractivity contribution in [1.29, 1.82) is 0 Å². The van der Waals surface area contributed by atoms with E-state index in [0.717, 1.165) is 13.1 Å². The van der Waals surface area contributed by atoms with Gasteiger partial charge in [-0.15, -0.1) is 0 Å². The molecule has 1 saturated heterocycles. The summed E-state index contributed by atoms with van der Waals surface area (Å²) in [5.41, 5.74) is 0. The molecule has 19 heavy (non-hydrogen) atoms. The van der Waals surface area contributed by atoms with E-state index in [0.29, 0.717) is 26.3 Å². The lowest BCUT2D eigenvalue weighted by Crippen LogP contribution is -2.35. The second-order valence-corrected chi connectivity index (χ2v) is 6.30. The minimum absolute atomic E-state index is 0.151. The summed E-state index contributed by atoms with van der Waals surface area (Å²) >= 11 is 0. The molecular formula is C11H20N4O3S. The van der Waals surface area contributed by atoms with Crippen molar-refractivity contribution in [1.82, 2.24) is 19.8 Å². The number of ether oxygens (including phenoxy) is 1. The van der Waals surface area contributed by atoms with Crippen LogP contribution in [0.25, 0.3) is 0 Å². The SMILES string of the molecule is CCn1cc(S(=O)(=O)NCC2CNCCOC2)cn1. The number of aryl methyl sites for hydroxylation is 1. The van der Waals surface area contributed by atoms with E-state index in [1.54, 1.807) is 4.68 Å². The molecule has 2 N–H and O–H groups in total. The van der Waals surface area contributed by atoms with Crippen molar-refractivity contribution >= 4 is 10.0 Å². The molecule has 1 fully saturated rings. The summed E-state index contributed by atoms with van der Waals surface area (Å²) in [7, 11) is -3.48. The zero-order valence-corrected chi connectivity index (χ0v) is 11.8. The van der Waals surface area contributed by atoms with Crippen LogP contribution in [0.2, 0.25) is 0 Å². The molecule has 0 saturated carbocycles. The van der Waals surface area contributed by atoms with Crippen molar-refractivity contribution in [2.45, 2.75) is 18.4 Å². The van der Waals surface area contributed by atoms with Gasteiger partial charge in [0.1, 0.15) is 4.90 Å². The molecule has 108 valence electrons. The van der Waals surface area contributed by atoms with Crippen molar-refractivity contribution in [2.24, 2.45) is 5.92 Å². The van der Waals surface area contributed by atoms with Crippen molar-refractivity contribution in [3.05, 3.63) is 12.4 Å². The first-order valence-corrected chi connectivity index (χ1v) is 7.90. The standard InChI is InChI=1S/C11H20N4O3S/c1-2-15-8-11(7-13-15)19(16,17)14-6-10-5-12-3-4-18-9-10/h7-8,10,12,14H,2-6,9H2,1H3. The summed E-state index contributed by atoms with van der Waals surface area (Å²) in [5, 5.41) is 7.18. The molecule has 0 bridgehead atoms. The molecule has 2 rings (SSSR count). The van der Waals surface area contributed by atoms with Gasteiger partial charge in [0, 0.05) is 38.3 Å². The maximum atomic E-state index is 12.1. The van der Waals surface area contributed by atoms with Gasteiger partial charge in [0.2, 0.25) is 10.0 Å². The Labute approximate surface area is 113 Å². The maximum absolute atomic E-state index is 12.1. The molecule has 0 aromatic carbocycles. The van der Waals surface area contributed by atoms with Gasteiger partial charge in [0.15, 0.2) is 0 Å². The molecule has 0 spiro atoms. The summed E-state index contributed by atoms with van der Waals surface area (Å²) in [6.07, 6.45) is 2.90. The first-order valence-electron chi connectivity index (χ1n) is 6.42. The Morgan fingerprint density at radius 1 is 1.63 bits per heavy atom. The van der Waals surface area contributed by atoms with Gasteiger partial charge < -0.3 is 10.1 Å². The van der Waals surface area contributed by atoms with Crippen LogP contribution >= 0.6 is 0 Å². The smallest absolute Gasteiger partial charge is 0.243 e. The number of hydrogen-bond acceptors (Lipinski definition) is 5. The predicted molar refractivity (Wildman–Crippen MR) is 70.3 cm³/mol. The highest BCUT2D eigenvalue weighted by molar-refractivity contribution is 7.89. The van der Waals surface area contributed by atoms with Crippen LogP contribution in [0.15, 0.2) is 17.3 Å². The van der Waals surface area contributed by atoms with E-state index >= 15 is 0 Å². The van der Waals surface area contributed by atoms with Crippen LogP contribution in [-0.2, 0) is 21.3 Å². The Kier molecular flexibility index (Phi) is 4.92. The third kappa shape index (κ3) is 4.00. The summed E-state index contributed by atoms with van der Waals surface area (Å²) in [5.74, 6) is 0.151. The normalized spacial score (nSPS) is 21.2. The monoisotopic (exact) mass is 288 g/mol. The fourth-order valence-electron chi connectivity index (χ4n) is 1.86. The van der Waals surface area contributed by atoms with Crippen molar-refractivity contribution in [3.8, 4) is 0 Å². The molecule has 1 aromatic heterocycles. The average molecular weight is 288 g/mol. The van der Waals surface area contributed by atoms with Crippen LogP contribution in [0.3, 0.4) is 0 Å². The van der Waals surface area contributed by atoms with E-state index in [4.69, 9.17) is 4.74 Å². The molecule has 0 aliphatic carbocycles. The van der Waals surface area contributed by atoms with Crippen LogP contribution in [0.4, 0.5) is 0 Å². The Bertz CT molecular complexity index is 492. The number of hydrogen-bond donors (Lipinski definition) is 2. The molecule has 1 aliphatic rings. The molecular weight excluding hydrogens is 268 g/mol. The number of aromatic nitrogens is 2. The van der Waals surface area contributed by atoms with Gasteiger partial charge >= 0.3 is 0 Å². The van der Waals surface area contributed by atoms with Crippen LogP contribution in [0.1, 0.15) is 6.92 Å². The van der Waals surface area contributed by atoms with Gasteiger partial charge in [-0.25, -0.2) is 13.1 Å². The number of rotatable bonds is 5. The van der Waals surface area contributed by atoms with Crippen LogP contribution in [-0.4, -0.2) is 51.0 Å². The number of nitrogens with zero attached hydrogens (tertiary/aromatic N) is 2. The van der Waals surface area contributed by atoms with E-state index in [2.05, 4.69) is 15.1 Å². The number of sulfonamides is 1. The second-order valence-electron chi connectivity index (χ2n) is 4.53. The fourth-order valence-corrected chi connectivity index (χ4v) is 2.93. The van der Waals surface area contributed by atoms with Crippen LogP contribution in [0, 0.1) is 5.92 Å². The lowest BCUT2D eigenvalue weighted by molar-refractivity contribution is 0.124. The zero-order chi connectivity index (χ0) is 13.7. The molecule has 1 atom stereocenters. The molecule has 7 nitrogen and oxygen atoms in total. The van der Waals surface area contributed by atoms with Gasteiger partial charge in [-0.05, 0) is 6.92 Å². The Morgan fingerprint density at radius 2 is 2.47 bits per heavy atom. The summed E-state index contributed by atoms with van der Waals surface area (Å²) < 4.78 is 33.7. The number of nitrogens with one attached hydrogen (secondary N) is 2. The topological polar surface area (TPSA) is 85.2 Å². The molecule has 0 radical (unpaired) electrons. The van der Waals surface area contributed by atoms with Gasteiger partial charge in [0.05, 0.1) is 19.4 Å². The third-order valence-electron chi connectivity index (χ3n) is 3.02. The van der Waals surface area contributed by atoms with Crippen molar-refractivity contribution in [2.75, 3.05) is 32.8 Å². The molecule has 1 aromatic rings. The van der Waals surface area contributed by atoms with Gasteiger partial charge in [-0.2, -0.15) is 5.10 Å². The van der Waals surface area contributed by atoms with Crippen LogP contribution in [0.5, 0.6) is 0 Å². The van der Waals surface area contributed by atoms with Crippen LogP contribution < -0.4 is 10.0 Å². The zero-order valence-electron chi connectivity index (χ0n) is 11.0. The van der Waals surface area contributed by atoms with Crippen molar-refractivity contribution < 1.29 is 13.2 Å². The van der Waals surface area contributed by atoms with Gasteiger partial charge in [-0.3, -0.25) is 4.68 Å². The predicted octanol–water partition coefficient (Wildman–Crippen LogP) is -0.583. The Morgan fingerprint density at radius 3 is 3.21 bits per heavy atom. The quantitative estimate of drug-likeness (QED) is 0.757. The highest BCUT2D eigenvalue weighted by Crippen LogP contribution is 2.08. The average Bonchev–Trinajstić information content (AvgIpc) is 2.74. The minimum Gasteiger partial charge on any atom is -0.380 e. The first kappa shape index (κ1) is 14.4. The van der Waals surface area contributed by atoms with Crippen molar-refractivity contribution in [3.63, 3.8) is 0 Å². The maximum Gasteiger partial charge on any atom is 0.243 e. The first-order chi connectivity index (χ1) is 9.12. The summed E-state index contributed by atoms with van der Waals surface area (Å²) in [6.45, 7) is 5.74. The Balaban J connectivity index is 1.93. The van der Waals surface area contributed by atoms with E-state index in [1.165, 1.54) is 12.4 Å². The van der Waals surface area contributed by atoms with Gasteiger partial charge in [0.25, 0.3) is 0 Å². The molecule has 1 unspecified atom stereocenters. The van der Waals surface area contributed by atoms with E-state index in [-0.39, 0.29) is 10.8 Å². The molecule has 1 aliphatic heterocycles. The fraction of sp³-hybridized carbons (Fsp3) is 0.727. The van der Waals surface area contributed by atoms with E-state index < -0.39 is 10.0 Å². The van der Waals surface area contributed by atoms with Gasteiger partial charge in [-0.1, -0.05) is 0 Å². The largest absolute Gasteiger partial charge is 0.380 e. The molecule has 0 amide bonds. The lowest BCUT2D eigenvalue weighted by Gasteiger charge is -2.14. The Hall–Kier alpha value is -0.960. The van der Waals surface area contributed by atoms with E-state index in [9.17, 15) is 8.42 Å². The third-order valence-corrected chi connectivity index (χ3v) is 4.39. The molecule has 2 heterocycles. The van der Waals surface area contributed by atoms with E-state index in [1.807, 2.05) is 6.92 Å². The minimum atomic E-state index is -3.48. The lowest BCUT2D eigenvalue weighted by atomic mass is 10.2. The highest BCUT2D eigenvalue weighted by atomic mass is 32.2. The highest BCUT2D eigenvalue weighted by Gasteiger charge is 2.19.